The van der Waals surface area contributed by atoms with Gasteiger partial charge in [0, 0.05) is 19.1 Å². The van der Waals surface area contributed by atoms with Crippen LogP contribution in [0.5, 0.6) is 0 Å². The largest absolute Gasteiger partial charge is 0.348 e. The number of sulfonamides is 1. The molecule has 1 aliphatic carbocycles. The number of amides is 1. The third-order valence-electron chi connectivity index (χ3n) is 5.00. The Balaban J connectivity index is 1.51. The highest BCUT2D eigenvalue weighted by Gasteiger charge is 2.27. The van der Waals surface area contributed by atoms with Crippen molar-refractivity contribution in [3.8, 4) is 6.07 Å². The molecule has 0 unspecified atom stereocenters. The van der Waals surface area contributed by atoms with Crippen molar-refractivity contribution < 1.29 is 13.2 Å². The molecule has 1 aliphatic heterocycles. The van der Waals surface area contributed by atoms with Crippen LogP contribution in [-0.2, 0) is 10.0 Å². The molecule has 1 aromatic heterocycles. The van der Waals surface area contributed by atoms with Crippen molar-refractivity contribution in [1.29, 1.82) is 5.26 Å². The lowest BCUT2D eigenvalue weighted by Crippen LogP contribution is -2.34. The maximum Gasteiger partial charge on any atom is 0.270 e. The van der Waals surface area contributed by atoms with Gasteiger partial charge in [0.25, 0.3) is 5.91 Å². The van der Waals surface area contributed by atoms with Crippen LogP contribution >= 0.6 is 0 Å². The van der Waals surface area contributed by atoms with Gasteiger partial charge in [0.05, 0.1) is 22.2 Å². The minimum Gasteiger partial charge on any atom is -0.348 e. The van der Waals surface area contributed by atoms with Gasteiger partial charge in [0.1, 0.15) is 5.69 Å². The van der Waals surface area contributed by atoms with Crippen molar-refractivity contribution in [2.24, 2.45) is 0 Å². The number of hydrogen-bond donors (Lipinski definition) is 1. The minimum absolute atomic E-state index is 0.116. The van der Waals surface area contributed by atoms with Crippen molar-refractivity contribution in [2.45, 2.75) is 30.2 Å². The molecule has 0 radical (unpaired) electrons. The number of carbonyl (C=O) groups is 1. The molecule has 0 bridgehead atoms. The second kappa shape index (κ2) is 7.78. The monoisotopic (exact) mass is 408 g/mol. The van der Waals surface area contributed by atoms with Gasteiger partial charge in [0.15, 0.2) is 0 Å². The topological polar surface area (TPSA) is 103 Å². The molecular formula is C21H20N4O3S. The van der Waals surface area contributed by atoms with Gasteiger partial charge in [-0.3, -0.25) is 4.79 Å². The van der Waals surface area contributed by atoms with Gasteiger partial charge < -0.3 is 5.32 Å². The predicted octanol–water partition coefficient (Wildman–Crippen LogP) is 2.32. The predicted molar refractivity (Wildman–Crippen MR) is 107 cm³/mol. The number of benzene rings is 1. The summed E-state index contributed by atoms with van der Waals surface area (Å²) >= 11 is 0. The molecule has 1 aromatic carbocycles. The van der Waals surface area contributed by atoms with E-state index >= 15 is 0 Å². The summed E-state index contributed by atoms with van der Waals surface area (Å²) in [5, 5.41) is 11.9. The Labute approximate surface area is 169 Å². The molecule has 1 N–H and O–H groups in total. The van der Waals surface area contributed by atoms with Crippen LogP contribution in [0, 0.1) is 11.3 Å². The Bertz CT molecular complexity index is 1130. The van der Waals surface area contributed by atoms with Crippen molar-refractivity contribution in [2.75, 3.05) is 13.1 Å². The normalized spacial score (nSPS) is 17.3. The number of nitrogens with one attached hydrogen (secondary N) is 1. The quantitative estimate of drug-likeness (QED) is 0.818. The molecule has 0 saturated heterocycles. The SMILES string of the molecule is N#Cc1cccc(S(=O)(=O)N2CC=C(c3cccc(C(=O)NC4CC4)n3)CC2)c1. The summed E-state index contributed by atoms with van der Waals surface area (Å²) < 4.78 is 27.1. The van der Waals surface area contributed by atoms with E-state index in [2.05, 4.69) is 10.3 Å². The van der Waals surface area contributed by atoms with Gasteiger partial charge in [-0.05, 0) is 55.2 Å². The zero-order valence-corrected chi connectivity index (χ0v) is 16.5. The number of nitrogens with zero attached hydrogens (tertiary/aromatic N) is 3. The number of pyridine rings is 1. The molecule has 8 heteroatoms. The molecule has 0 spiro atoms. The Morgan fingerprint density at radius 1 is 1.21 bits per heavy atom. The van der Waals surface area contributed by atoms with Crippen molar-refractivity contribution in [3.63, 3.8) is 0 Å². The Kier molecular flexibility index (Phi) is 5.18. The lowest BCUT2D eigenvalue weighted by molar-refractivity contribution is 0.0946. The molecule has 2 heterocycles. The third kappa shape index (κ3) is 4.21. The standard InChI is InChI=1S/C21H20N4O3S/c22-14-15-3-1-4-18(13-15)29(27,28)25-11-9-16(10-12-25)19-5-2-6-20(24-19)21(26)23-17-7-8-17/h1-6,9,13,17H,7-8,10-12H2,(H,23,26). The van der Waals surface area contributed by atoms with Gasteiger partial charge in [-0.15, -0.1) is 0 Å². The fraction of sp³-hybridized carbons (Fsp3) is 0.286. The lowest BCUT2D eigenvalue weighted by atomic mass is 10.1. The average molecular weight is 408 g/mol. The summed E-state index contributed by atoms with van der Waals surface area (Å²) in [7, 11) is -3.68. The van der Waals surface area contributed by atoms with Gasteiger partial charge in [0.2, 0.25) is 10.0 Å². The van der Waals surface area contributed by atoms with E-state index in [1.54, 1.807) is 24.3 Å². The Morgan fingerprint density at radius 2 is 2.00 bits per heavy atom. The molecular weight excluding hydrogens is 388 g/mol. The van der Waals surface area contributed by atoms with Crippen molar-refractivity contribution in [3.05, 3.63) is 65.5 Å². The Hall–Kier alpha value is -3.02. The van der Waals surface area contributed by atoms with E-state index in [1.807, 2.05) is 18.2 Å². The lowest BCUT2D eigenvalue weighted by Gasteiger charge is -2.25. The first kappa shape index (κ1) is 19.3. The molecule has 2 aromatic rings. The van der Waals surface area contributed by atoms with E-state index in [-0.39, 0.29) is 23.4 Å². The molecule has 148 valence electrons. The fourth-order valence-corrected chi connectivity index (χ4v) is 4.63. The number of nitriles is 1. The summed E-state index contributed by atoms with van der Waals surface area (Å²) in [6.07, 6.45) is 4.36. The molecule has 2 aliphatic rings. The van der Waals surface area contributed by atoms with E-state index in [0.29, 0.717) is 29.9 Å². The molecule has 29 heavy (non-hydrogen) atoms. The van der Waals surface area contributed by atoms with Crippen LogP contribution in [0.3, 0.4) is 0 Å². The minimum atomic E-state index is -3.68. The summed E-state index contributed by atoms with van der Waals surface area (Å²) in [4.78, 5) is 16.8. The van der Waals surface area contributed by atoms with E-state index in [9.17, 15) is 13.2 Å². The van der Waals surface area contributed by atoms with Crippen LogP contribution in [0.2, 0.25) is 0 Å². The Morgan fingerprint density at radius 3 is 2.69 bits per heavy atom. The summed E-state index contributed by atoms with van der Waals surface area (Å²) in [5.74, 6) is -0.174. The summed E-state index contributed by atoms with van der Waals surface area (Å²) in [5.41, 5.74) is 2.30. The number of aromatic nitrogens is 1. The van der Waals surface area contributed by atoms with Crippen LogP contribution < -0.4 is 5.32 Å². The molecule has 7 nitrogen and oxygen atoms in total. The maximum absolute atomic E-state index is 12.9. The second-order valence-corrected chi connectivity index (χ2v) is 9.08. The number of rotatable bonds is 5. The van der Waals surface area contributed by atoms with E-state index in [4.69, 9.17) is 5.26 Å². The van der Waals surface area contributed by atoms with Crippen LogP contribution in [0.1, 0.15) is 41.0 Å². The highest BCUT2D eigenvalue weighted by atomic mass is 32.2. The van der Waals surface area contributed by atoms with Crippen LogP contribution in [0.15, 0.2) is 53.4 Å². The first-order chi connectivity index (χ1) is 14.0. The van der Waals surface area contributed by atoms with Gasteiger partial charge in [-0.1, -0.05) is 18.2 Å². The van der Waals surface area contributed by atoms with Crippen molar-refractivity contribution >= 4 is 21.5 Å². The first-order valence-electron chi connectivity index (χ1n) is 9.45. The zero-order chi connectivity index (χ0) is 20.4. The second-order valence-electron chi connectivity index (χ2n) is 7.14. The van der Waals surface area contributed by atoms with Crippen LogP contribution in [0.4, 0.5) is 0 Å². The first-order valence-corrected chi connectivity index (χ1v) is 10.9. The molecule has 0 atom stereocenters. The van der Waals surface area contributed by atoms with Gasteiger partial charge in [-0.25, -0.2) is 13.4 Å². The fourth-order valence-electron chi connectivity index (χ4n) is 3.20. The highest BCUT2D eigenvalue weighted by molar-refractivity contribution is 7.89. The maximum atomic E-state index is 12.9. The molecule has 1 fully saturated rings. The number of hydrogen-bond acceptors (Lipinski definition) is 5. The van der Waals surface area contributed by atoms with Crippen LogP contribution in [-0.4, -0.2) is 42.7 Å². The van der Waals surface area contributed by atoms with E-state index in [0.717, 1.165) is 18.4 Å². The molecule has 1 saturated carbocycles. The van der Waals surface area contributed by atoms with Crippen LogP contribution in [0.25, 0.3) is 5.57 Å². The molecule has 1 amide bonds. The number of carbonyl (C=O) groups excluding carboxylic acids is 1. The van der Waals surface area contributed by atoms with E-state index in [1.165, 1.54) is 16.4 Å². The smallest absolute Gasteiger partial charge is 0.270 e. The van der Waals surface area contributed by atoms with Gasteiger partial charge >= 0.3 is 0 Å². The van der Waals surface area contributed by atoms with Crippen molar-refractivity contribution in [1.82, 2.24) is 14.6 Å². The summed E-state index contributed by atoms with van der Waals surface area (Å²) in [6, 6.07) is 13.6. The summed E-state index contributed by atoms with van der Waals surface area (Å²) in [6.45, 7) is 0.528. The third-order valence-corrected chi connectivity index (χ3v) is 6.86. The average Bonchev–Trinajstić information content (AvgIpc) is 3.58. The van der Waals surface area contributed by atoms with Gasteiger partial charge in [-0.2, -0.15) is 9.57 Å². The highest BCUT2D eigenvalue weighted by Crippen LogP contribution is 2.26. The van der Waals surface area contributed by atoms with E-state index < -0.39 is 10.0 Å². The molecule has 4 rings (SSSR count). The zero-order valence-electron chi connectivity index (χ0n) is 15.7.